The number of rotatable bonds is 4. The van der Waals surface area contributed by atoms with E-state index in [0.717, 1.165) is 11.1 Å². The van der Waals surface area contributed by atoms with E-state index in [1.165, 1.54) is 0 Å². The lowest BCUT2D eigenvalue weighted by Gasteiger charge is -2.07. The first-order chi connectivity index (χ1) is 10.7. The number of nitrogens with zero attached hydrogens (tertiary/aromatic N) is 4. The molecule has 2 aromatic heterocycles. The average molecular weight is 294 g/mol. The van der Waals surface area contributed by atoms with Gasteiger partial charge in [0.15, 0.2) is 5.65 Å². The summed E-state index contributed by atoms with van der Waals surface area (Å²) in [6, 6.07) is 12.4. The molecule has 0 atom stereocenters. The fourth-order valence-corrected chi connectivity index (χ4v) is 2.13. The second-order valence-corrected chi connectivity index (χ2v) is 4.61. The van der Waals surface area contributed by atoms with E-state index in [1.54, 1.807) is 24.5 Å². The molecular weight excluding hydrogens is 283 g/mol. The third-order valence-corrected chi connectivity index (χ3v) is 3.12. The van der Waals surface area contributed by atoms with E-state index in [9.17, 15) is 0 Å². The van der Waals surface area contributed by atoms with Gasteiger partial charge < -0.3 is 19.3 Å². The highest BCUT2D eigenvalue weighted by atomic mass is 16.6. The summed E-state index contributed by atoms with van der Waals surface area (Å²) in [6.45, 7) is 0.575. The van der Waals surface area contributed by atoms with E-state index in [0.29, 0.717) is 23.6 Å². The van der Waals surface area contributed by atoms with E-state index in [-0.39, 0.29) is 0 Å². The second kappa shape index (κ2) is 5.85. The van der Waals surface area contributed by atoms with Crippen molar-refractivity contribution in [2.24, 2.45) is 0 Å². The zero-order valence-corrected chi connectivity index (χ0v) is 11.4. The maximum Gasteiger partial charge on any atom is 0.707 e. The SMILES string of the molecule is N#Cc1ccc2c(ncn2Cc2ccc(OB(O)O)cc2)n1. The zero-order chi connectivity index (χ0) is 15.5. The number of aromatic nitrogens is 3. The van der Waals surface area contributed by atoms with E-state index in [4.69, 9.17) is 20.0 Å². The Kier molecular flexibility index (Phi) is 3.74. The van der Waals surface area contributed by atoms with Gasteiger partial charge >= 0.3 is 7.32 Å². The Morgan fingerprint density at radius 2 is 1.95 bits per heavy atom. The van der Waals surface area contributed by atoms with E-state index in [2.05, 4.69) is 9.97 Å². The van der Waals surface area contributed by atoms with Crippen LogP contribution in [0.2, 0.25) is 0 Å². The van der Waals surface area contributed by atoms with Crippen LogP contribution in [0.15, 0.2) is 42.7 Å². The molecule has 2 N–H and O–H groups in total. The lowest BCUT2D eigenvalue weighted by atomic mass is 10.2. The summed E-state index contributed by atoms with van der Waals surface area (Å²) in [4.78, 5) is 8.32. The molecule has 0 aliphatic carbocycles. The molecule has 8 heteroatoms. The van der Waals surface area contributed by atoms with Gasteiger partial charge in [0.2, 0.25) is 0 Å². The van der Waals surface area contributed by atoms with Crippen molar-refractivity contribution in [2.75, 3.05) is 0 Å². The van der Waals surface area contributed by atoms with Crippen molar-refractivity contribution in [3.05, 3.63) is 54.0 Å². The molecule has 0 saturated heterocycles. The van der Waals surface area contributed by atoms with Crippen molar-refractivity contribution >= 4 is 18.5 Å². The first-order valence-electron chi connectivity index (χ1n) is 6.49. The van der Waals surface area contributed by atoms with E-state index < -0.39 is 7.32 Å². The van der Waals surface area contributed by atoms with Crippen molar-refractivity contribution in [1.29, 1.82) is 5.26 Å². The molecular formula is C14H11BN4O3. The Morgan fingerprint density at radius 3 is 2.64 bits per heavy atom. The molecule has 0 aliphatic heterocycles. The minimum Gasteiger partial charge on any atom is -0.512 e. The van der Waals surface area contributed by atoms with Gasteiger partial charge in [0, 0.05) is 6.54 Å². The lowest BCUT2D eigenvalue weighted by molar-refractivity contribution is 0.288. The monoisotopic (exact) mass is 294 g/mol. The first-order valence-corrected chi connectivity index (χ1v) is 6.49. The van der Waals surface area contributed by atoms with Gasteiger partial charge in [0.25, 0.3) is 0 Å². The molecule has 1 aromatic carbocycles. The molecule has 2 heterocycles. The Balaban J connectivity index is 1.82. The normalized spacial score (nSPS) is 10.4. The Hall–Kier alpha value is -2.89. The van der Waals surface area contributed by atoms with Crippen LogP contribution < -0.4 is 4.65 Å². The Labute approximate surface area is 126 Å². The number of nitriles is 1. The van der Waals surface area contributed by atoms with Crippen LogP contribution in [-0.2, 0) is 6.54 Å². The van der Waals surface area contributed by atoms with Gasteiger partial charge in [-0.15, -0.1) is 0 Å². The summed E-state index contributed by atoms with van der Waals surface area (Å²) < 4.78 is 6.67. The number of fused-ring (bicyclic) bond motifs is 1. The molecule has 7 nitrogen and oxygen atoms in total. The number of imidazole rings is 1. The topological polar surface area (TPSA) is 104 Å². The average Bonchev–Trinajstić information content (AvgIpc) is 2.91. The third kappa shape index (κ3) is 2.91. The molecule has 0 radical (unpaired) electrons. The quantitative estimate of drug-likeness (QED) is 0.686. The van der Waals surface area contributed by atoms with Gasteiger partial charge in [-0.05, 0) is 29.8 Å². The van der Waals surface area contributed by atoms with Crippen LogP contribution >= 0.6 is 0 Å². The molecule has 22 heavy (non-hydrogen) atoms. The van der Waals surface area contributed by atoms with Gasteiger partial charge in [-0.1, -0.05) is 12.1 Å². The molecule has 0 unspecified atom stereocenters. The predicted octanol–water partition coefficient (Wildman–Crippen LogP) is 0.700. The van der Waals surface area contributed by atoms with E-state index in [1.807, 2.05) is 28.8 Å². The van der Waals surface area contributed by atoms with Gasteiger partial charge in [0.1, 0.15) is 17.5 Å². The number of pyridine rings is 1. The van der Waals surface area contributed by atoms with Crippen LogP contribution in [-0.4, -0.2) is 31.9 Å². The lowest BCUT2D eigenvalue weighted by Crippen LogP contribution is -2.20. The van der Waals surface area contributed by atoms with Crippen LogP contribution in [0.25, 0.3) is 11.2 Å². The van der Waals surface area contributed by atoms with Crippen LogP contribution in [0.4, 0.5) is 0 Å². The van der Waals surface area contributed by atoms with Crippen LogP contribution in [0.5, 0.6) is 5.75 Å². The molecule has 0 aliphatic rings. The maximum absolute atomic E-state index is 8.83. The molecule has 0 spiro atoms. The Bertz CT molecular complexity index is 839. The summed E-state index contributed by atoms with van der Waals surface area (Å²) in [5.74, 6) is 0.370. The highest BCUT2D eigenvalue weighted by Gasteiger charge is 2.11. The number of hydrogen-bond donors (Lipinski definition) is 2. The van der Waals surface area contributed by atoms with Gasteiger partial charge in [-0.25, -0.2) is 9.97 Å². The fraction of sp³-hybridized carbons (Fsp3) is 0.0714. The summed E-state index contributed by atoms with van der Waals surface area (Å²) in [5.41, 5.74) is 2.69. The summed E-state index contributed by atoms with van der Waals surface area (Å²) in [5, 5.41) is 26.3. The maximum atomic E-state index is 8.83. The highest BCUT2D eigenvalue weighted by molar-refractivity contribution is 6.33. The third-order valence-electron chi connectivity index (χ3n) is 3.12. The van der Waals surface area contributed by atoms with Crippen molar-refractivity contribution in [2.45, 2.75) is 6.54 Å². The van der Waals surface area contributed by atoms with Crippen molar-refractivity contribution < 1.29 is 14.7 Å². The molecule has 0 saturated carbocycles. The smallest absolute Gasteiger partial charge is 0.512 e. The van der Waals surface area contributed by atoms with Gasteiger partial charge in [-0.2, -0.15) is 5.26 Å². The van der Waals surface area contributed by atoms with Gasteiger partial charge in [0.05, 0.1) is 11.8 Å². The number of hydrogen-bond acceptors (Lipinski definition) is 6. The van der Waals surface area contributed by atoms with Crippen molar-refractivity contribution in [1.82, 2.24) is 14.5 Å². The van der Waals surface area contributed by atoms with Crippen LogP contribution in [0, 0.1) is 11.3 Å². The first kappa shape index (κ1) is 14.1. The highest BCUT2D eigenvalue weighted by Crippen LogP contribution is 2.16. The summed E-state index contributed by atoms with van der Waals surface area (Å²) >= 11 is 0. The summed E-state index contributed by atoms with van der Waals surface area (Å²) in [7, 11) is -1.83. The standard InChI is InChI=1S/C14H11BN4O3/c16-7-11-3-6-13-14(18-11)17-9-19(13)8-10-1-4-12(5-2-10)22-15(20)21/h1-6,9,20-21H,8H2. The largest absolute Gasteiger partial charge is 0.707 e. The van der Waals surface area contributed by atoms with Crippen molar-refractivity contribution in [3.8, 4) is 11.8 Å². The minimum absolute atomic E-state index is 0.335. The van der Waals surface area contributed by atoms with Crippen LogP contribution in [0.1, 0.15) is 11.3 Å². The zero-order valence-electron chi connectivity index (χ0n) is 11.4. The van der Waals surface area contributed by atoms with E-state index >= 15 is 0 Å². The van der Waals surface area contributed by atoms with Gasteiger partial charge in [-0.3, -0.25) is 0 Å². The molecule has 108 valence electrons. The fourth-order valence-electron chi connectivity index (χ4n) is 2.13. The summed E-state index contributed by atoms with van der Waals surface area (Å²) in [6.07, 6.45) is 1.67. The number of benzene rings is 1. The molecule has 0 fully saturated rings. The second-order valence-electron chi connectivity index (χ2n) is 4.61. The molecule has 3 aromatic rings. The molecule has 3 rings (SSSR count). The minimum atomic E-state index is -1.83. The Morgan fingerprint density at radius 1 is 1.18 bits per heavy atom. The molecule has 0 bridgehead atoms. The van der Waals surface area contributed by atoms with Crippen molar-refractivity contribution in [3.63, 3.8) is 0 Å². The predicted molar refractivity (Wildman–Crippen MR) is 78.6 cm³/mol. The van der Waals surface area contributed by atoms with Crippen LogP contribution in [0.3, 0.4) is 0 Å². The molecule has 0 amide bonds.